The summed E-state index contributed by atoms with van der Waals surface area (Å²) in [6, 6.07) is 4.82. The van der Waals surface area contributed by atoms with Crippen molar-refractivity contribution in [3.63, 3.8) is 0 Å². The second kappa shape index (κ2) is 5.97. The van der Waals surface area contributed by atoms with Crippen LogP contribution in [0.3, 0.4) is 0 Å². The van der Waals surface area contributed by atoms with Gasteiger partial charge in [-0.1, -0.05) is 6.07 Å². The van der Waals surface area contributed by atoms with E-state index in [1.807, 2.05) is 18.5 Å². The molecule has 1 aliphatic rings. The molecule has 2 N–H and O–H groups in total. The summed E-state index contributed by atoms with van der Waals surface area (Å²) in [4.78, 5) is 6.79. The van der Waals surface area contributed by atoms with Gasteiger partial charge in [-0.2, -0.15) is 0 Å². The van der Waals surface area contributed by atoms with Crippen molar-refractivity contribution in [2.24, 2.45) is 5.73 Å². The Morgan fingerprint density at radius 3 is 3.12 bits per heavy atom. The number of nitrogens with two attached hydrogens (primary N) is 1. The van der Waals surface area contributed by atoms with Crippen molar-refractivity contribution in [1.82, 2.24) is 9.88 Å². The van der Waals surface area contributed by atoms with Crippen LogP contribution >= 0.6 is 0 Å². The zero-order valence-electron chi connectivity index (χ0n) is 9.81. The van der Waals surface area contributed by atoms with Crippen LogP contribution in [0.1, 0.15) is 37.3 Å². The molecule has 1 saturated heterocycles. The van der Waals surface area contributed by atoms with Crippen molar-refractivity contribution in [2.45, 2.75) is 31.7 Å². The van der Waals surface area contributed by atoms with Crippen molar-refractivity contribution in [3.8, 4) is 0 Å². The third kappa shape index (κ3) is 2.80. The first-order valence-corrected chi connectivity index (χ1v) is 6.26. The molecule has 0 unspecified atom stereocenters. The average Bonchev–Trinajstić information content (AvgIpc) is 2.79. The van der Waals surface area contributed by atoms with Crippen LogP contribution in [0, 0.1) is 0 Å². The van der Waals surface area contributed by atoms with Gasteiger partial charge in [0.25, 0.3) is 0 Å². The maximum atomic E-state index is 5.53. The number of aromatic nitrogens is 1. The van der Waals surface area contributed by atoms with Crippen LogP contribution in [0.15, 0.2) is 24.5 Å². The largest absolute Gasteiger partial charge is 0.330 e. The quantitative estimate of drug-likeness (QED) is 0.770. The highest BCUT2D eigenvalue weighted by Gasteiger charge is 2.25. The van der Waals surface area contributed by atoms with Crippen molar-refractivity contribution < 1.29 is 0 Å². The Bertz CT molecular complexity index is 299. The minimum atomic E-state index is 0.589. The summed E-state index contributed by atoms with van der Waals surface area (Å²) < 4.78 is 0. The Balaban J connectivity index is 1.93. The molecule has 88 valence electrons. The fourth-order valence-electron chi connectivity index (χ4n) is 2.50. The standard InChI is InChI=1S/C13H21N3/c14-7-1-2-9-16-10-4-6-13(16)12-5-3-8-15-11-12/h3,5,8,11,13H,1-2,4,6-7,9-10,14H2/t13-/m0/s1. The van der Waals surface area contributed by atoms with Crippen molar-refractivity contribution in [2.75, 3.05) is 19.6 Å². The number of hydrogen-bond acceptors (Lipinski definition) is 3. The minimum Gasteiger partial charge on any atom is -0.330 e. The SMILES string of the molecule is NCCCCN1CCC[C@H]1c1cccnc1. The van der Waals surface area contributed by atoms with Crippen molar-refractivity contribution in [1.29, 1.82) is 0 Å². The number of hydrogen-bond donors (Lipinski definition) is 1. The van der Waals surface area contributed by atoms with Crippen LogP contribution in [0.25, 0.3) is 0 Å². The average molecular weight is 219 g/mol. The van der Waals surface area contributed by atoms with Gasteiger partial charge in [-0.15, -0.1) is 0 Å². The molecule has 0 aromatic carbocycles. The number of nitrogens with zero attached hydrogens (tertiary/aromatic N) is 2. The van der Waals surface area contributed by atoms with E-state index in [0.29, 0.717) is 6.04 Å². The molecule has 1 aliphatic heterocycles. The highest BCUT2D eigenvalue weighted by molar-refractivity contribution is 5.15. The molecule has 0 aliphatic carbocycles. The van der Waals surface area contributed by atoms with Crippen LogP contribution in [-0.4, -0.2) is 29.5 Å². The molecule has 1 aromatic heterocycles. The van der Waals surface area contributed by atoms with Crippen LogP contribution in [0.2, 0.25) is 0 Å². The maximum Gasteiger partial charge on any atom is 0.0363 e. The van der Waals surface area contributed by atoms with Crippen LogP contribution in [0.4, 0.5) is 0 Å². The summed E-state index contributed by atoms with van der Waals surface area (Å²) in [6.45, 7) is 3.21. The van der Waals surface area contributed by atoms with Gasteiger partial charge in [0.15, 0.2) is 0 Å². The highest BCUT2D eigenvalue weighted by atomic mass is 15.2. The van der Waals surface area contributed by atoms with Crippen molar-refractivity contribution >= 4 is 0 Å². The molecule has 0 spiro atoms. The monoisotopic (exact) mass is 219 g/mol. The van der Waals surface area contributed by atoms with Gasteiger partial charge in [0.2, 0.25) is 0 Å². The van der Waals surface area contributed by atoms with Gasteiger partial charge in [0, 0.05) is 18.4 Å². The molecule has 16 heavy (non-hydrogen) atoms. The van der Waals surface area contributed by atoms with E-state index < -0.39 is 0 Å². The lowest BCUT2D eigenvalue weighted by Crippen LogP contribution is -2.24. The number of rotatable bonds is 5. The summed E-state index contributed by atoms with van der Waals surface area (Å²) in [5, 5.41) is 0. The normalized spacial score (nSPS) is 21.4. The van der Waals surface area contributed by atoms with Gasteiger partial charge in [-0.05, 0) is 56.9 Å². The lowest BCUT2D eigenvalue weighted by atomic mass is 10.1. The molecule has 3 nitrogen and oxygen atoms in total. The summed E-state index contributed by atoms with van der Waals surface area (Å²) in [6.07, 6.45) is 8.78. The minimum absolute atomic E-state index is 0.589. The van der Waals surface area contributed by atoms with E-state index >= 15 is 0 Å². The molecule has 1 fully saturated rings. The Morgan fingerprint density at radius 1 is 1.44 bits per heavy atom. The fraction of sp³-hybridized carbons (Fsp3) is 0.615. The predicted octanol–water partition coefficient (Wildman–Crippen LogP) is 1.96. The lowest BCUT2D eigenvalue weighted by molar-refractivity contribution is 0.252. The number of likely N-dealkylation sites (tertiary alicyclic amines) is 1. The summed E-state index contributed by atoms with van der Waals surface area (Å²) >= 11 is 0. The summed E-state index contributed by atoms with van der Waals surface area (Å²) in [7, 11) is 0. The van der Waals surface area contributed by atoms with Gasteiger partial charge in [-0.3, -0.25) is 9.88 Å². The van der Waals surface area contributed by atoms with Crippen molar-refractivity contribution in [3.05, 3.63) is 30.1 Å². The molecule has 1 aromatic rings. The maximum absolute atomic E-state index is 5.53. The lowest BCUT2D eigenvalue weighted by Gasteiger charge is -2.24. The third-order valence-corrected chi connectivity index (χ3v) is 3.33. The summed E-state index contributed by atoms with van der Waals surface area (Å²) in [5.41, 5.74) is 6.90. The molecule has 2 heterocycles. The highest BCUT2D eigenvalue weighted by Crippen LogP contribution is 2.31. The van der Waals surface area contributed by atoms with Crippen LogP contribution in [-0.2, 0) is 0 Å². The van der Waals surface area contributed by atoms with Gasteiger partial charge in [0.05, 0.1) is 0 Å². The molecule has 2 rings (SSSR count). The fourth-order valence-corrected chi connectivity index (χ4v) is 2.50. The number of unbranched alkanes of at least 4 members (excludes halogenated alkanes) is 1. The smallest absolute Gasteiger partial charge is 0.0363 e. The molecule has 1 atom stereocenters. The van der Waals surface area contributed by atoms with Crippen LogP contribution < -0.4 is 5.73 Å². The molecule has 0 amide bonds. The molecular formula is C13H21N3. The van der Waals surface area contributed by atoms with Gasteiger partial charge < -0.3 is 5.73 Å². The van der Waals surface area contributed by atoms with E-state index in [-0.39, 0.29) is 0 Å². The Labute approximate surface area is 97.7 Å². The van der Waals surface area contributed by atoms with Gasteiger partial charge in [-0.25, -0.2) is 0 Å². The Morgan fingerprint density at radius 2 is 2.38 bits per heavy atom. The van der Waals surface area contributed by atoms with E-state index in [0.717, 1.165) is 13.0 Å². The Hall–Kier alpha value is -0.930. The van der Waals surface area contributed by atoms with E-state index in [4.69, 9.17) is 5.73 Å². The molecule has 0 radical (unpaired) electrons. The van der Waals surface area contributed by atoms with Crippen LogP contribution in [0.5, 0.6) is 0 Å². The van der Waals surface area contributed by atoms with E-state index in [9.17, 15) is 0 Å². The number of pyridine rings is 1. The summed E-state index contributed by atoms with van der Waals surface area (Å²) in [5.74, 6) is 0. The van der Waals surface area contributed by atoms with Gasteiger partial charge >= 0.3 is 0 Å². The molecule has 0 bridgehead atoms. The van der Waals surface area contributed by atoms with E-state index in [1.54, 1.807) is 0 Å². The first-order valence-electron chi connectivity index (χ1n) is 6.26. The second-order valence-electron chi connectivity index (χ2n) is 4.48. The molecular weight excluding hydrogens is 198 g/mol. The molecule has 0 saturated carbocycles. The zero-order valence-corrected chi connectivity index (χ0v) is 9.81. The second-order valence-corrected chi connectivity index (χ2v) is 4.48. The van der Waals surface area contributed by atoms with E-state index in [1.165, 1.54) is 37.9 Å². The Kier molecular flexibility index (Phi) is 4.31. The topological polar surface area (TPSA) is 42.1 Å². The van der Waals surface area contributed by atoms with E-state index in [2.05, 4.69) is 16.0 Å². The first kappa shape index (κ1) is 11.6. The first-order chi connectivity index (χ1) is 7.92. The van der Waals surface area contributed by atoms with Gasteiger partial charge in [0.1, 0.15) is 0 Å². The predicted molar refractivity (Wildman–Crippen MR) is 66.1 cm³/mol. The molecule has 3 heteroatoms. The third-order valence-electron chi connectivity index (χ3n) is 3.33. The zero-order chi connectivity index (χ0) is 11.2.